The number of hydrogen-bond acceptors (Lipinski definition) is 3. The zero-order valence-corrected chi connectivity index (χ0v) is 13.5. The molecule has 3 nitrogen and oxygen atoms in total. The van der Waals surface area contributed by atoms with Crippen LogP contribution in [0.1, 0.15) is 71.6 Å². The van der Waals surface area contributed by atoms with Gasteiger partial charge in [0.1, 0.15) is 0 Å². The maximum Gasteiger partial charge on any atom is 0.318 e. The van der Waals surface area contributed by atoms with Crippen molar-refractivity contribution >= 4 is 9.28 Å². The van der Waals surface area contributed by atoms with Gasteiger partial charge in [0, 0.05) is 0 Å². The summed E-state index contributed by atoms with van der Waals surface area (Å²) in [5.74, 6) is 0. The fraction of sp³-hybridized carbons (Fsp3) is 1.00. The highest BCUT2D eigenvalue weighted by molar-refractivity contribution is 6.42. The highest BCUT2D eigenvalue weighted by atomic mass is 28.3. The maximum atomic E-state index is 9.05. The van der Waals surface area contributed by atoms with Gasteiger partial charge in [-0.3, -0.25) is 0 Å². The molecule has 0 aromatic carbocycles. The molecule has 0 heterocycles. The molecule has 0 fully saturated rings. The second-order valence-electron chi connectivity index (χ2n) is 5.40. The third-order valence-electron chi connectivity index (χ3n) is 3.49. The van der Waals surface area contributed by atoms with Gasteiger partial charge in [0.2, 0.25) is 0 Å². The van der Waals surface area contributed by atoms with Crippen LogP contribution >= 0.6 is 0 Å². The van der Waals surface area contributed by atoms with Gasteiger partial charge in [-0.05, 0) is 31.5 Å². The molecule has 0 aromatic heterocycles. The van der Waals surface area contributed by atoms with E-state index in [-0.39, 0.29) is 5.54 Å². The lowest BCUT2D eigenvalue weighted by Gasteiger charge is -2.11. The summed E-state index contributed by atoms with van der Waals surface area (Å²) in [6.45, 7) is 6.17. The Morgan fingerprint density at radius 3 is 2.00 bits per heavy atom. The van der Waals surface area contributed by atoms with Crippen molar-refractivity contribution in [2.75, 3.05) is 13.1 Å². The van der Waals surface area contributed by atoms with Crippen molar-refractivity contribution in [1.29, 1.82) is 0 Å². The number of unbranched alkanes of at least 4 members (excludes halogenated alkanes) is 7. The summed E-state index contributed by atoms with van der Waals surface area (Å²) in [6, 6.07) is 0. The fourth-order valence-electron chi connectivity index (χ4n) is 1.99. The molecule has 0 radical (unpaired) electrons. The van der Waals surface area contributed by atoms with E-state index in [0.717, 1.165) is 19.5 Å². The van der Waals surface area contributed by atoms with E-state index < -0.39 is 9.28 Å². The Labute approximate surface area is 115 Å². The minimum Gasteiger partial charge on any atom is -0.413 e. The van der Waals surface area contributed by atoms with Crippen molar-refractivity contribution in [3.63, 3.8) is 0 Å². The zero-order valence-electron chi connectivity index (χ0n) is 12.3. The van der Waals surface area contributed by atoms with Gasteiger partial charge in [-0.15, -0.1) is 0 Å². The van der Waals surface area contributed by atoms with E-state index in [9.17, 15) is 0 Å². The van der Waals surface area contributed by atoms with Crippen LogP contribution in [-0.2, 0) is 0 Å². The zero-order chi connectivity index (χ0) is 13.6. The number of nitrogens with one attached hydrogen (secondary N) is 1. The van der Waals surface area contributed by atoms with Crippen LogP contribution in [0.2, 0.25) is 5.54 Å². The normalized spacial score (nSPS) is 13.2. The molecule has 0 aromatic rings. The summed E-state index contributed by atoms with van der Waals surface area (Å²) < 4.78 is 0. The first-order valence-electron chi connectivity index (χ1n) is 7.75. The standard InChI is InChI=1S/C14H33NO2Si/c1-3-4-5-6-7-8-9-10-12-15-13-11-14(2)18(16)17/h14-18H,3-13H2,1-2H3. The predicted octanol–water partition coefficient (Wildman–Crippen LogP) is 2.70. The van der Waals surface area contributed by atoms with E-state index in [1.54, 1.807) is 0 Å². The fourth-order valence-corrected chi connectivity index (χ4v) is 2.45. The molecule has 0 spiro atoms. The summed E-state index contributed by atoms with van der Waals surface area (Å²) in [7, 11) is -2.39. The maximum absolute atomic E-state index is 9.05. The van der Waals surface area contributed by atoms with Gasteiger partial charge in [-0.1, -0.05) is 58.8 Å². The SMILES string of the molecule is CCCCCCCCCCNCCC(C)[SiH](O)O. The van der Waals surface area contributed by atoms with Crippen molar-refractivity contribution in [3.05, 3.63) is 0 Å². The lowest BCUT2D eigenvalue weighted by Crippen LogP contribution is -2.23. The monoisotopic (exact) mass is 275 g/mol. The van der Waals surface area contributed by atoms with Gasteiger partial charge in [0.25, 0.3) is 0 Å². The van der Waals surface area contributed by atoms with Crippen LogP contribution in [0.25, 0.3) is 0 Å². The Balaban J connectivity index is 3.03. The van der Waals surface area contributed by atoms with Crippen LogP contribution in [0.5, 0.6) is 0 Å². The molecule has 0 bridgehead atoms. The molecule has 1 unspecified atom stereocenters. The second kappa shape index (κ2) is 13.5. The Bertz CT molecular complexity index is 168. The van der Waals surface area contributed by atoms with Crippen LogP contribution in [0.15, 0.2) is 0 Å². The molecule has 0 aliphatic rings. The largest absolute Gasteiger partial charge is 0.413 e. The van der Waals surface area contributed by atoms with Crippen LogP contribution in [0.3, 0.4) is 0 Å². The van der Waals surface area contributed by atoms with E-state index in [2.05, 4.69) is 12.2 Å². The molecule has 4 heteroatoms. The van der Waals surface area contributed by atoms with Crippen LogP contribution in [-0.4, -0.2) is 32.0 Å². The Hall–Kier alpha value is 0.0969. The molecule has 1 atom stereocenters. The van der Waals surface area contributed by atoms with Crippen LogP contribution in [0, 0.1) is 0 Å². The van der Waals surface area contributed by atoms with Crippen molar-refractivity contribution in [2.24, 2.45) is 0 Å². The molecule has 0 rings (SSSR count). The Morgan fingerprint density at radius 1 is 0.889 bits per heavy atom. The molecule has 0 saturated heterocycles. The van der Waals surface area contributed by atoms with Gasteiger partial charge < -0.3 is 14.9 Å². The smallest absolute Gasteiger partial charge is 0.318 e. The Kier molecular flexibility index (Phi) is 13.6. The summed E-state index contributed by atoms with van der Waals surface area (Å²) in [5, 5.41) is 3.38. The molecule has 0 amide bonds. The number of rotatable bonds is 13. The minimum absolute atomic E-state index is 0.107. The second-order valence-corrected chi connectivity index (χ2v) is 7.37. The third kappa shape index (κ3) is 12.6. The molecular weight excluding hydrogens is 242 g/mol. The van der Waals surface area contributed by atoms with E-state index in [0.29, 0.717) is 0 Å². The van der Waals surface area contributed by atoms with Gasteiger partial charge >= 0.3 is 9.28 Å². The molecule has 3 N–H and O–H groups in total. The minimum atomic E-state index is -2.39. The average molecular weight is 276 g/mol. The summed E-state index contributed by atoms with van der Waals surface area (Å²) >= 11 is 0. The highest BCUT2D eigenvalue weighted by Crippen LogP contribution is 2.09. The predicted molar refractivity (Wildman–Crippen MR) is 81.1 cm³/mol. The summed E-state index contributed by atoms with van der Waals surface area (Å²) in [5.41, 5.74) is 0.107. The molecular formula is C14H33NO2Si. The molecule has 0 saturated carbocycles. The first kappa shape index (κ1) is 18.1. The van der Waals surface area contributed by atoms with Gasteiger partial charge in [-0.2, -0.15) is 0 Å². The van der Waals surface area contributed by atoms with E-state index >= 15 is 0 Å². The van der Waals surface area contributed by atoms with Crippen LogP contribution < -0.4 is 5.32 Å². The van der Waals surface area contributed by atoms with E-state index in [1.165, 1.54) is 51.4 Å². The summed E-state index contributed by atoms with van der Waals surface area (Å²) in [4.78, 5) is 18.1. The van der Waals surface area contributed by atoms with Gasteiger partial charge in [-0.25, -0.2) is 0 Å². The van der Waals surface area contributed by atoms with Crippen LogP contribution in [0.4, 0.5) is 0 Å². The van der Waals surface area contributed by atoms with Gasteiger partial charge in [0.15, 0.2) is 0 Å². The van der Waals surface area contributed by atoms with Crippen molar-refractivity contribution in [2.45, 2.75) is 77.2 Å². The topological polar surface area (TPSA) is 52.5 Å². The average Bonchev–Trinajstić information content (AvgIpc) is 2.35. The van der Waals surface area contributed by atoms with E-state index in [4.69, 9.17) is 9.59 Å². The molecule has 110 valence electrons. The van der Waals surface area contributed by atoms with E-state index in [1.807, 2.05) is 6.92 Å². The molecule has 18 heavy (non-hydrogen) atoms. The third-order valence-corrected chi connectivity index (χ3v) is 4.84. The van der Waals surface area contributed by atoms with Crippen molar-refractivity contribution < 1.29 is 9.59 Å². The van der Waals surface area contributed by atoms with Crippen molar-refractivity contribution in [1.82, 2.24) is 5.32 Å². The lowest BCUT2D eigenvalue weighted by atomic mass is 10.1. The Morgan fingerprint density at radius 2 is 1.44 bits per heavy atom. The quantitative estimate of drug-likeness (QED) is 0.358. The van der Waals surface area contributed by atoms with Gasteiger partial charge in [0.05, 0.1) is 0 Å². The molecule has 0 aliphatic carbocycles. The highest BCUT2D eigenvalue weighted by Gasteiger charge is 2.12. The molecule has 0 aliphatic heterocycles. The first-order valence-corrected chi connectivity index (χ1v) is 9.45. The number of hydrogen-bond donors (Lipinski definition) is 3. The first-order chi connectivity index (χ1) is 8.68. The lowest BCUT2D eigenvalue weighted by molar-refractivity contribution is 0.382. The summed E-state index contributed by atoms with van der Waals surface area (Å²) in [6.07, 6.45) is 11.7. The van der Waals surface area contributed by atoms with Crippen molar-refractivity contribution in [3.8, 4) is 0 Å².